The van der Waals surface area contributed by atoms with Crippen LogP contribution < -0.4 is 0 Å². The van der Waals surface area contributed by atoms with Gasteiger partial charge in [-0.1, -0.05) is 30.3 Å². The van der Waals surface area contributed by atoms with Crippen LogP contribution in [0.4, 0.5) is 4.39 Å². The molecule has 4 rings (SSSR count). The molecule has 0 radical (unpaired) electrons. The third kappa shape index (κ3) is 2.83. The highest BCUT2D eigenvalue weighted by Crippen LogP contribution is 2.27. The predicted octanol–water partition coefficient (Wildman–Crippen LogP) is 5.05. The van der Waals surface area contributed by atoms with Gasteiger partial charge in [-0.05, 0) is 51.8 Å². The van der Waals surface area contributed by atoms with E-state index in [-0.39, 0.29) is 5.82 Å². The lowest BCUT2D eigenvalue weighted by Crippen LogP contribution is -2.02. The minimum atomic E-state index is -0.259. The Morgan fingerprint density at radius 1 is 1.00 bits per heavy atom. The van der Waals surface area contributed by atoms with Gasteiger partial charge in [0.25, 0.3) is 0 Å². The summed E-state index contributed by atoms with van der Waals surface area (Å²) in [5, 5.41) is 0. The topological polar surface area (TPSA) is 30.7 Å². The highest BCUT2D eigenvalue weighted by Gasteiger charge is 2.14. The fraction of sp³-hybridized carbons (Fsp3) is 0.0526. The molecule has 0 saturated carbocycles. The van der Waals surface area contributed by atoms with Gasteiger partial charge in [-0.2, -0.15) is 0 Å². The van der Waals surface area contributed by atoms with Crippen molar-refractivity contribution in [3.63, 3.8) is 0 Å². The Morgan fingerprint density at radius 3 is 2.50 bits per heavy atom. The quantitative estimate of drug-likeness (QED) is 0.497. The van der Waals surface area contributed by atoms with Crippen molar-refractivity contribution in [2.75, 3.05) is 0 Å². The normalized spacial score (nSPS) is 11.1. The van der Waals surface area contributed by atoms with Gasteiger partial charge < -0.3 is 4.57 Å². The summed E-state index contributed by atoms with van der Waals surface area (Å²) in [4.78, 5) is 9.05. The molecule has 0 unspecified atom stereocenters. The first-order valence-corrected chi connectivity index (χ1v) is 8.32. The maximum atomic E-state index is 13.3. The van der Waals surface area contributed by atoms with E-state index in [9.17, 15) is 4.39 Å². The molecule has 3 nitrogen and oxygen atoms in total. The Bertz CT molecular complexity index is 994. The number of aromatic nitrogens is 3. The molecule has 0 aliphatic carbocycles. The van der Waals surface area contributed by atoms with Crippen LogP contribution in [0.3, 0.4) is 0 Å². The lowest BCUT2D eigenvalue weighted by Gasteiger charge is -2.09. The highest BCUT2D eigenvalue weighted by atomic mass is 79.9. The van der Waals surface area contributed by atoms with E-state index in [1.807, 2.05) is 24.3 Å². The molecule has 0 N–H and O–H groups in total. The monoisotopic (exact) mass is 381 g/mol. The van der Waals surface area contributed by atoms with Crippen LogP contribution in [0.2, 0.25) is 0 Å². The maximum absolute atomic E-state index is 13.3. The second-order valence-corrected chi connectivity index (χ2v) is 6.43. The molecule has 2 heterocycles. The van der Waals surface area contributed by atoms with Crippen LogP contribution in [0.5, 0.6) is 0 Å². The van der Waals surface area contributed by atoms with E-state index >= 15 is 0 Å². The Balaban J connectivity index is 1.91. The van der Waals surface area contributed by atoms with E-state index in [4.69, 9.17) is 0 Å². The van der Waals surface area contributed by atoms with Crippen molar-refractivity contribution >= 4 is 27.1 Å². The van der Waals surface area contributed by atoms with Crippen molar-refractivity contribution in [1.82, 2.24) is 14.5 Å². The largest absolute Gasteiger partial charge is 0.318 e. The number of nitrogens with zero attached hydrogens (tertiary/aromatic N) is 3. The Hall–Kier alpha value is -2.53. The van der Waals surface area contributed by atoms with E-state index in [0.717, 1.165) is 21.4 Å². The molecule has 0 aliphatic heterocycles. The van der Waals surface area contributed by atoms with Crippen LogP contribution in [-0.4, -0.2) is 14.5 Å². The van der Waals surface area contributed by atoms with Crippen molar-refractivity contribution in [3.05, 3.63) is 82.7 Å². The molecule has 0 atom stereocenters. The zero-order chi connectivity index (χ0) is 16.5. The Kier molecular flexibility index (Phi) is 3.86. The second kappa shape index (κ2) is 6.17. The van der Waals surface area contributed by atoms with Crippen molar-refractivity contribution in [3.8, 4) is 11.4 Å². The molecule has 2 aromatic carbocycles. The summed E-state index contributed by atoms with van der Waals surface area (Å²) < 4.78 is 16.3. The predicted molar refractivity (Wildman–Crippen MR) is 96.2 cm³/mol. The first kappa shape index (κ1) is 15.0. The van der Waals surface area contributed by atoms with Gasteiger partial charge in [0, 0.05) is 22.8 Å². The van der Waals surface area contributed by atoms with E-state index in [1.54, 1.807) is 18.3 Å². The number of pyridine rings is 1. The molecule has 0 bridgehead atoms. The van der Waals surface area contributed by atoms with Crippen LogP contribution in [0.1, 0.15) is 5.56 Å². The van der Waals surface area contributed by atoms with Crippen LogP contribution in [-0.2, 0) is 6.54 Å². The molecule has 0 aliphatic rings. The van der Waals surface area contributed by atoms with Gasteiger partial charge in [0.05, 0.1) is 5.52 Å². The van der Waals surface area contributed by atoms with Gasteiger partial charge in [0.2, 0.25) is 0 Å². The molecule has 2 aromatic heterocycles. The lowest BCUT2D eigenvalue weighted by atomic mass is 10.2. The Morgan fingerprint density at radius 2 is 1.75 bits per heavy atom. The molecule has 24 heavy (non-hydrogen) atoms. The van der Waals surface area contributed by atoms with Gasteiger partial charge in [-0.15, -0.1) is 0 Å². The van der Waals surface area contributed by atoms with Crippen LogP contribution in [0.25, 0.3) is 22.6 Å². The number of rotatable bonds is 3. The van der Waals surface area contributed by atoms with Crippen LogP contribution >= 0.6 is 15.9 Å². The molecule has 4 aromatic rings. The number of benzene rings is 2. The van der Waals surface area contributed by atoms with E-state index in [2.05, 4.69) is 42.6 Å². The molecule has 0 saturated heterocycles. The van der Waals surface area contributed by atoms with Crippen molar-refractivity contribution in [2.45, 2.75) is 6.54 Å². The summed E-state index contributed by atoms with van der Waals surface area (Å²) >= 11 is 3.47. The van der Waals surface area contributed by atoms with Gasteiger partial charge in [-0.3, -0.25) is 0 Å². The highest BCUT2D eigenvalue weighted by molar-refractivity contribution is 9.10. The number of hydrogen-bond acceptors (Lipinski definition) is 2. The summed E-state index contributed by atoms with van der Waals surface area (Å²) in [6.45, 7) is 0.669. The molecule has 118 valence electrons. The molecular formula is C19H13BrFN3. The smallest absolute Gasteiger partial charge is 0.178 e. The SMILES string of the molecule is Fc1ccc(-c2nc3ncc(Br)cc3n2Cc2ccccc2)cc1. The zero-order valence-electron chi connectivity index (χ0n) is 12.7. The molecular weight excluding hydrogens is 369 g/mol. The second-order valence-electron chi connectivity index (χ2n) is 5.51. The number of halogens is 2. The number of fused-ring (bicyclic) bond motifs is 1. The minimum absolute atomic E-state index is 0.259. The summed E-state index contributed by atoms with van der Waals surface area (Å²) in [7, 11) is 0. The van der Waals surface area contributed by atoms with Crippen LogP contribution in [0, 0.1) is 5.82 Å². The van der Waals surface area contributed by atoms with Gasteiger partial charge in [0.15, 0.2) is 5.65 Å². The number of hydrogen-bond donors (Lipinski definition) is 0. The van der Waals surface area contributed by atoms with Gasteiger partial charge in [-0.25, -0.2) is 14.4 Å². The lowest BCUT2D eigenvalue weighted by molar-refractivity contribution is 0.628. The summed E-state index contributed by atoms with van der Waals surface area (Å²) in [6.07, 6.45) is 1.73. The fourth-order valence-corrected chi connectivity index (χ4v) is 3.05. The molecule has 0 amide bonds. The molecule has 0 spiro atoms. The fourth-order valence-electron chi connectivity index (χ4n) is 2.73. The summed E-state index contributed by atoms with van der Waals surface area (Å²) in [5.41, 5.74) is 3.64. The standard InChI is InChI=1S/C19H13BrFN3/c20-15-10-17-18(22-11-15)23-19(14-6-8-16(21)9-7-14)24(17)12-13-4-2-1-3-5-13/h1-11H,12H2. The van der Waals surface area contributed by atoms with Crippen molar-refractivity contribution in [2.24, 2.45) is 0 Å². The van der Waals surface area contributed by atoms with Crippen LogP contribution in [0.15, 0.2) is 71.3 Å². The third-order valence-corrected chi connectivity index (χ3v) is 4.29. The Labute approximate surface area is 146 Å². The average Bonchev–Trinajstić information content (AvgIpc) is 2.94. The van der Waals surface area contributed by atoms with E-state index < -0.39 is 0 Å². The maximum Gasteiger partial charge on any atom is 0.178 e. The van der Waals surface area contributed by atoms with Crippen molar-refractivity contribution < 1.29 is 4.39 Å². The molecule has 5 heteroatoms. The average molecular weight is 382 g/mol. The zero-order valence-corrected chi connectivity index (χ0v) is 14.2. The molecule has 0 fully saturated rings. The third-order valence-electron chi connectivity index (χ3n) is 3.86. The first-order valence-electron chi connectivity index (χ1n) is 7.52. The first-order chi connectivity index (χ1) is 11.7. The van der Waals surface area contributed by atoms with Gasteiger partial charge >= 0.3 is 0 Å². The van der Waals surface area contributed by atoms with E-state index in [1.165, 1.54) is 17.7 Å². The number of imidazole rings is 1. The summed E-state index contributed by atoms with van der Waals surface area (Å²) in [5.74, 6) is 0.518. The minimum Gasteiger partial charge on any atom is -0.318 e. The van der Waals surface area contributed by atoms with E-state index in [0.29, 0.717) is 12.2 Å². The van der Waals surface area contributed by atoms with Gasteiger partial charge in [0.1, 0.15) is 11.6 Å². The van der Waals surface area contributed by atoms with Crippen molar-refractivity contribution in [1.29, 1.82) is 0 Å². The summed E-state index contributed by atoms with van der Waals surface area (Å²) in [6, 6.07) is 18.6.